The molecule has 21 heavy (non-hydrogen) atoms. The summed E-state index contributed by atoms with van der Waals surface area (Å²) in [4.78, 5) is 14.0. The molecule has 0 aromatic heterocycles. The molecule has 0 aliphatic heterocycles. The van der Waals surface area contributed by atoms with E-state index < -0.39 is 6.04 Å². The standard InChI is InChI=1S/C16H27N3O2/c1-12(2)10-15(17)16(20)18-13-6-5-7-14(11-13)21-9-8-19(3)4/h5-7,11-12,15H,8-10,17H2,1-4H3,(H,18,20)/t15-/m1/s1. The van der Waals surface area contributed by atoms with Crippen molar-refractivity contribution in [1.29, 1.82) is 0 Å². The summed E-state index contributed by atoms with van der Waals surface area (Å²) in [6.07, 6.45) is 0.671. The minimum atomic E-state index is -0.483. The third-order valence-corrected chi connectivity index (χ3v) is 2.97. The van der Waals surface area contributed by atoms with E-state index in [1.165, 1.54) is 0 Å². The molecular weight excluding hydrogens is 266 g/mol. The van der Waals surface area contributed by atoms with E-state index in [1.54, 1.807) is 0 Å². The van der Waals surface area contributed by atoms with Gasteiger partial charge in [0.15, 0.2) is 0 Å². The second kappa shape index (κ2) is 8.64. The highest BCUT2D eigenvalue weighted by Gasteiger charge is 2.15. The summed E-state index contributed by atoms with van der Waals surface area (Å²) in [6.45, 7) is 5.55. The van der Waals surface area contributed by atoms with Crippen molar-refractivity contribution in [1.82, 2.24) is 4.90 Å². The second-order valence-electron chi connectivity index (χ2n) is 5.90. The molecule has 0 heterocycles. The number of nitrogens with one attached hydrogen (secondary N) is 1. The van der Waals surface area contributed by atoms with E-state index in [-0.39, 0.29) is 5.91 Å². The zero-order valence-corrected chi connectivity index (χ0v) is 13.4. The summed E-state index contributed by atoms with van der Waals surface area (Å²) in [5.74, 6) is 0.979. The number of anilines is 1. The fraction of sp³-hybridized carbons (Fsp3) is 0.562. The number of ether oxygens (including phenoxy) is 1. The minimum Gasteiger partial charge on any atom is -0.492 e. The van der Waals surface area contributed by atoms with Crippen LogP contribution in [-0.4, -0.2) is 44.1 Å². The molecule has 1 atom stereocenters. The highest BCUT2D eigenvalue weighted by molar-refractivity contribution is 5.94. The summed E-state index contributed by atoms with van der Waals surface area (Å²) in [7, 11) is 3.99. The predicted molar refractivity (Wildman–Crippen MR) is 86.6 cm³/mol. The number of rotatable bonds is 8. The number of benzene rings is 1. The largest absolute Gasteiger partial charge is 0.492 e. The van der Waals surface area contributed by atoms with E-state index in [2.05, 4.69) is 10.2 Å². The number of nitrogens with zero attached hydrogens (tertiary/aromatic N) is 1. The fourth-order valence-electron chi connectivity index (χ4n) is 1.86. The quantitative estimate of drug-likeness (QED) is 0.768. The Morgan fingerprint density at radius 2 is 2.10 bits per heavy atom. The van der Waals surface area contributed by atoms with Gasteiger partial charge in [-0.05, 0) is 38.6 Å². The maximum atomic E-state index is 12.0. The maximum absolute atomic E-state index is 12.0. The molecule has 0 saturated carbocycles. The highest BCUT2D eigenvalue weighted by atomic mass is 16.5. The number of hydrogen-bond acceptors (Lipinski definition) is 4. The van der Waals surface area contributed by atoms with Crippen LogP contribution in [0.15, 0.2) is 24.3 Å². The van der Waals surface area contributed by atoms with Crippen LogP contribution in [0.4, 0.5) is 5.69 Å². The number of nitrogens with two attached hydrogens (primary N) is 1. The Kier molecular flexibility index (Phi) is 7.19. The molecule has 1 amide bonds. The lowest BCUT2D eigenvalue weighted by atomic mass is 10.0. The van der Waals surface area contributed by atoms with Crippen LogP contribution in [0.3, 0.4) is 0 Å². The van der Waals surface area contributed by atoms with Gasteiger partial charge in [0.1, 0.15) is 12.4 Å². The van der Waals surface area contributed by atoms with E-state index in [4.69, 9.17) is 10.5 Å². The molecule has 1 rings (SSSR count). The summed E-state index contributed by atoms with van der Waals surface area (Å²) in [5, 5.41) is 2.83. The average molecular weight is 293 g/mol. The molecule has 5 nitrogen and oxygen atoms in total. The number of likely N-dealkylation sites (N-methyl/N-ethyl adjacent to an activating group) is 1. The van der Waals surface area contributed by atoms with Gasteiger partial charge in [0.2, 0.25) is 5.91 Å². The number of carbonyl (C=O) groups is 1. The second-order valence-corrected chi connectivity index (χ2v) is 5.90. The number of carbonyl (C=O) groups excluding carboxylic acids is 1. The normalized spacial score (nSPS) is 12.5. The van der Waals surface area contributed by atoms with E-state index in [1.807, 2.05) is 52.2 Å². The molecule has 0 aliphatic carbocycles. The molecule has 118 valence electrons. The molecule has 0 spiro atoms. The Bertz CT molecular complexity index is 447. The topological polar surface area (TPSA) is 67.6 Å². The Morgan fingerprint density at radius 1 is 1.38 bits per heavy atom. The Balaban J connectivity index is 2.53. The summed E-state index contributed by atoms with van der Waals surface area (Å²) < 4.78 is 5.64. The SMILES string of the molecule is CC(C)C[C@@H](N)C(=O)Nc1cccc(OCCN(C)C)c1. The van der Waals surface area contributed by atoms with Gasteiger partial charge in [-0.3, -0.25) is 4.79 Å². The van der Waals surface area contributed by atoms with Crippen molar-refractivity contribution in [3.8, 4) is 5.75 Å². The Morgan fingerprint density at radius 3 is 2.71 bits per heavy atom. The Hall–Kier alpha value is -1.59. The van der Waals surface area contributed by atoms with Gasteiger partial charge in [0, 0.05) is 18.3 Å². The van der Waals surface area contributed by atoms with Gasteiger partial charge in [0.25, 0.3) is 0 Å². The maximum Gasteiger partial charge on any atom is 0.241 e. The van der Waals surface area contributed by atoms with Crippen LogP contribution >= 0.6 is 0 Å². The highest BCUT2D eigenvalue weighted by Crippen LogP contribution is 2.18. The molecule has 1 aromatic rings. The van der Waals surface area contributed by atoms with Crippen molar-refractivity contribution >= 4 is 11.6 Å². The molecule has 0 saturated heterocycles. The first kappa shape index (κ1) is 17.5. The van der Waals surface area contributed by atoms with Crippen LogP contribution in [0.5, 0.6) is 5.75 Å². The van der Waals surface area contributed by atoms with Crippen molar-refractivity contribution in [2.45, 2.75) is 26.3 Å². The smallest absolute Gasteiger partial charge is 0.241 e. The van der Waals surface area contributed by atoms with Gasteiger partial charge in [-0.1, -0.05) is 19.9 Å². The molecule has 0 unspecified atom stereocenters. The monoisotopic (exact) mass is 293 g/mol. The first-order valence-electron chi connectivity index (χ1n) is 7.32. The molecule has 3 N–H and O–H groups in total. The van der Waals surface area contributed by atoms with Crippen molar-refractivity contribution in [2.75, 3.05) is 32.6 Å². The summed E-state index contributed by atoms with van der Waals surface area (Å²) in [6, 6.07) is 6.89. The zero-order valence-electron chi connectivity index (χ0n) is 13.4. The average Bonchev–Trinajstić information content (AvgIpc) is 2.37. The lowest BCUT2D eigenvalue weighted by molar-refractivity contribution is -0.117. The van der Waals surface area contributed by atoms with Gasteiger partial charge in [-0.25, -0.2) is 0 Å². The van der Waals surface area contributed by atoms with Crippen LogP contribution in [0, 0.1) is 5.92 Å². The lowest BCUT2D eigenvalue weighted by Crippen LogP contribution is -2.36. The van der Waals surface area contributed by atoms with Crippen LogP contribution in [0.25, 0.3) is 0 Å². The minimum absolute atomic E-state index is 0.158. The molecule has 0 bridgehead atoms. The van der Waals surface area contributed by atoms with Crippen molar-refractivity contribution < 1.29 is 9.53 Å². The first-order chi connectivity index (χ1) is 9.88. The van der Waals surface area contributed by atoms with Crippen LogP contribution in [0.2, 0.25) is 0 Å². The zero-order chi connectivity index (χ0) is 15.8. The summed E-state index contributed by atoms with van der Waals surface area (Å²) >= 11 is 0. The molecule has 5 heteroatoms. The van der Waals surface area contributed by atoms with E-state index in [9.17, 15) is 4.79 Å². The first-order valence-corrected chi connectivity index (χ1v) is 7.32. The predicted octanol–water partition coefficient (Wildman–Crippen LogP) is 1.94. The van der Waals surface area contributed by atoms with Gasteiger partial charge < -0.3 is 20.7 Å². The summed E-state index contributed by atoms with van der Waals surface area (Å²) in [5.41, 5.74) is 6.58. The van der Waals surface area contributed by atoms with Crippen molar-refractivity contribution in [3.63, 3.8) is 0 Å². The fourth-order valence-corrected chi connectivity index (χ4v) is 1.86. The number of amides is 1. The third-order valence-electron chi connectivity index (χ3n) is 2.97. The molecule has 0 fully saturated rings. The van der Waals surface area contributed by atoms with Crippen LogP contribution in [0.1, 0.15) is 20.3 Å². The van der Waals surface area contributed by atoms with Crippen molar-refractivity contribution in [3.05, 3.63) is 24.3 Å². The van der Waals surface area contributed by atoms with Gasteiger partial charge in [0.05, 0.1) is 6.04 Å². The van der Waals surface area contributed by atoms with E-state index >= 15 is 0 Å². The Labute approximate surface area is 127 Å². The van der Waals surface area contributed by atoms with Crippen molar-refractivity contribution in [2.24, 2.45) is 11.7 Å². The van der Waals surface area contributed by atoms with Crippen LogP contribution < -0.4 is 15.8 Å². The number of hydrogen-bond donors (Lipinski definition) is 2. The molecule has 0 radical (unpaired) electrons. The van der Waals surface area contributed by atoms with Gasteiger partial charge >= 0.3 is 0 Å². The molecular formula is C16H27N3O2. The van der Waals surface area contributed by atoms with E-state index in [0.717, 1.165) is 12.3 Å². The van der Waals surface area contributed by atoms with E-state index in [0.29, 0.717) is 24.6 Å². The van der Waals surface area contributed by atoms with Gasteiger partial charge in [-0.15, -0.1) is 0 Å². The van der Waals surface area contributed by atoms with Gasteiger partial charge in [-0.2, -0.15) is 0 Å². The molecule has 0 aliphatic rings. The third kappa shape index (κ3) is 7.11. The van der Waals surface area contributed by atoms with Crippen LogP contribution in [-0.2, 0) is 4.79 Å². The lowest BCUT2D eigenvalue weighted by Gasteiger charge is -2.15. The molecule has 1 aromatic carbocycles.